The molecule has 1 fully saturated rings. The van der Waals surface area contributed by atoms with Gasteiger partial charge >= 0.3 is 0 Å². The second kappa shape index (κ2) is 11.1. The van der Waals surface area contributed by atoms with Crippen LogP contribution in [0.2, 0.25) is 0 Å². The van der Waals surface area contributed by atoms with E-state index in [0.717, 1.165) is 78.6 Å². The number of aromatic nitrogens is 1. The molecule has 0 atom stereocenters. The number of unbranched alkanes of at least 4 members (excludes halogenated alkanes) is 1. The van der Waals surface area contributed by atoms with Gasteiger partial charge in [0.25, 0.3) is 5.91 Å². The van der Waals surface area contributed by atoms with E-state index in [1.165, 1.54) is 0 Å². The minimum absolute atomic E-state index is 0.182. The maximum atomic E-state index is 13.6. The number of benzene rings is 2. The van der Waals surface area contributed by atoms with Crippen molar-refractivity contribution in [2.75, 3.05) is 6.67 Å². The molecule has 40 heavy (non-hydrogen) atoms. The number of hydrogen-bond acceptors (Lipinski definition) is 7. The van der Waals surface area contributed by atoms with Crippen molar-refractivity contribution < 1.29 is 9.53 Å². The quantitative estimate of drug-likeness (QED) is 0.289. The number of ether oxygens (including phenoxy) is 1. The topological polar surface area (TPSA) is 91.9 Å². The smallest absolute Gasteiger partial charge is 0.256 e. The molecule has 0 radical (unpaired) electrons. The van der Waals surface area contributed by atoms with Gasteiger partial charge in [-0.3, -0.25) is 14.7 Å². The van der Waals surface area contributed by atoms with Crippen LogP contribution in [0, 0.1) is 6.92 Å². The van der Waals surface area contributed by atoms with Gasteiger partial charge in [-0.25, -0.2) is 9.98 Å². The number of aryl methyl sites for hydroxylation is 1. The molecule has 0 saturated heterocycles. The minimum atomic E-state index is -0.513. The number of amidine groups is 2. The Morgan fingerprint density at radius 1 is 1.00 bits per heavy atom. The number of azo groups is 1. The predicted octanol–water partition coefficient (Wildman–Crippen LogP) is 7.26. The highest BCUT2D eigenvalue weighted by atomic mass is 16.5. The minimum Gasteiger partial charge on any atom is -0.439 e. The summed E-state index contributed by atoms with van der Waals surface area (Å²) in [4.78, 5) is 29.3. The fourth-order valence-corrected chi connectivity index (χ4v) is 5.74. The summed E-state index contributed by atoms with van der Waals surface area (Å²) in [6.45, 7) is 5.07. The Morgan fingerprint density at radius 3 is 2.55 bits per heavy atom. The first-order valence-corrected chi connectivity index (χ1v) is 14.2. The first-order chi connectivity index (χ1) is 19.5. The molecular formula is C32H34N6O2. The van der Waals surface area contributed by atoms with E-state index in [1.54, 1.807) is 6.20 Å². The van der Waals surface area contributed by atoms with E-state index in [-0.39, 0.29) is 5.91 Å². The maximum Gasteiger partial charge on any atom is 0.256 e. The largest absolute Gasteiger partial charge is 0.439 e. The van der Waals surface area contributed by atoms with Crippen molar-refractivity contribution in [3.8, 4) is 22.8 Å². The summed E-state index contributed by atoms with van der Waals surface area (Å²) in [5, 5.41) is 8.29. The van der Waals surface area contributed by atoms with Gasteiger partial charge < -0.3 is 4.74 Å². The Balaban J connectivity index is 1.27. The van der Waals surface area contributed by atoms with Crippen molar-refractivity contribution in [3.05, 3.63) is 77.5 Å². The number of nitrogens with zero attached hydrogens (tertiary/aromatic N) is 6. The molecule has 1 saturated carbocycles. The number of aliphatic imine (C=N–C) groups is 2. The van der Waals surface area contributed by atoms with E-state index < -0.39 is 5.54 Å². The molecule has 1 aliphatic carbocycles. The van der Waals surface area contributed by atoms with Crippen LogP contribution in [0.15, 0.2) is 81.0 Å². The zero-order chi connectivity index (χ0) is 27.5. The monoisotopic (exact) mass is 534 g/mol. The SMILES string of the molecule is CCCCC1=NC2(CCCC2)C(=O)N1Cc1ccc(-c2cc(Oc3cc(C)ccn3)ccc2C2=NCN=N2)cc1. The molecule has 6 rings (SSSR count). The molecule has 8 nitrogen and oxygen atoms in total. The summed E-state index contributed by atoms with van der Waals surface area (Å²) in [5.41, 5.74) is 4.49. The Kier molecular flexibility index (Phi) is 7.24. The Morgan fingerprint density at radius 2 is 1.82 bits per heavy atom. The van der Waals surface area contributed by atoms with Crippen LogP contribution in [0.1, 0.15) is 68.6 Å². The standard InChI is InChI=1S/C32H34N6O2/c1-3-4-7-28-36-32(15-5-6-16-32)31(39)38(28)20-23-8-10-24(11-9-23)27-19-25(40-29-18-22(2)14-17-33-29)12-13-26(27)30-34-21-35-37-30/h8-14,17-19H,3-7,15-16,20-21H2,1-2H3. The number of carbonyl (C=O) groups is 1. The fourth-order valence-electron chi connectivity index (χ4n) is 5.74. The van der Waals surface area contributed by atoms with Crippen LogP contribution in [0.3, 0.4) is 0 Å². The lowest BCUT2D eigenvalue weighted by molar-refractivity contribution is -0.131. The van der Waals surface area contributed by atoms with Gasteiger partial charge in [-0.1, -0.05) is 50.5 Å². The van der Waals surface area contributed by atoms with E-state index in [1.807, 2.05) is 42.2 Å². The number of carbonyl (C=O) groups excluding carboxylic acids is 1. The lowest BCUT2D eigenvalue weighted by Crippen LogP contribution is -2.40. The van der Waals surface area contributed by atoms with Gasteiger partial charge in [-0.05, 0) is 72.7 Å². The van der Waals surface area contributed by atoms with Gasteiger partial charge in [0.2, 0.25) is 5.88 Å². The zero-order valence-electron chi connectivity index (χ0n) is 23.1. The van der Waals surface area contributed by atoms with Gasteiger partial charge in [0, 0.05) is 24.2 Å². The highest BCUT2D eigenvalue weighted by Gasteiger charge is 2.49. The van der Waals surface area contributed by atoms with Crippen LogP contribution < -0.4 is 4.74 Å². The molecule has 1 amide bonds. The number of pyridine rings is 1. The van der Waals surface area contributed by atoms with Gasteiger partial charge in [0.1, 0.15) is 17.1 Å². The van der Waals surface area contributed by atoms with E-state index in [9.17, 15) is 4.79 Å². The Bertz CT molecular complexity index is 1500. The summed E-state index contributed by atoms with van der Waals surface area (Å²) in [6.07, 6.45) is 8.62. The van der Waals surface area contributed by atoms with Gasteiger partial charge in [0.05, 0.1) is 6.54 Å². The van der Waals surface area contributed by atoms with Crippen molar-refractivity contribution in [2.45, 2.75) is 70.9 Å². The summed E-state index contributed by atoms with van der Waals surface area (Å²) in [6, 6.07) is 18.1. The van der Waals surface area contributed by atoms with Crippen molar-refractivity contribution in [2.24, 2.45) is 20.2 Å². The third-order valence-corrected chi connectivity index (χ3v) is 7.88. The van der Waals surface area contributed by atoms with Gasteiger partial charge in [0.15, 0.2) is 12.5 Å². The fraction of sp³-hybridized carbons (Fsp3) is 0.375. The lowest BCUT2D eigenvalue weighted by Gasteiger charge is -2.23. The van der Waals surface area contributed by atoms with Crippen LogP contribution in [0.5, 0.6) is 11.6 Å². The highest BCUT2D eigenvalue weighted by Crippen LogP contribution is 2.40. The molecule has 2 aromatic carbocycles. The van der Waals surface area contributed by atoms with Gasteiger partial charge in [-0.2, -0.15) is 5.11 Å². The summed E-state index contributed by atoms with van der Waals surface area (Å²) >= 11 is 0. The second-order valence-electron chi connectivity index (χ2n) is 10.8. The van der Waals surface area contributed by atoms with Crippen molar-refractivity contribution in [1.82, 2.24) is 9.88 Å². The van der Waals surface area contributed by atoms with E-state index in [4.69, 9.17) is 9.73 Å². The first kappa shape index (κ1) is 26.0. The first-order valence-electron chi connectivity index (χ1n) is 14.2. The lowest BCUT2D eigenvalue weighted by atomic mass is 9.96. The average Bonchev–Trinajstić information content (AvgIpc) is 3.72. The maximum absolute atomic E-state index is 13.6. The zero-order valence-corrected chi connectivity index (χ0v) is 23.1. The molecule has 1 spiro atoms. The Labute approximate surface area is 234 Å². The third kappa shape index (κ3) is 5.18. The Hall–Kier alpha value is -4.20. The highest BCUT2D eigenvalue weighted by molar-refractivity contribution is 6.08. The number of hydrogen-bond donors (Lipinski definition) is 0. The van der Waals surface area contributed by atoms with E-state index >= 15 is 0 Å². The molecule has 0 unspecified atom stereocenters. The van der Waals surface area contributed by atoms with Gasteiger partial charge in [-0.15, -0.1) is 5.11 Å². The summed E-state index contributed by atoms with van der Waals surface area (Å²) in [5.74, 6) is 2.97. The van der Waals surface area contributed by atoms with Crippen molar-refractivity contribution in [1.29, 1.82) is 0 Å². The van der Waals surface area contributed by atoms with Crippen LogP contribution in [-0.4, -0.2) is 39.7 Å². The molecule has 3 aromatic rings. The summed E-state index contributed by atoms with van der Waals surface area (Å²) < 4.78 is 6.09. The van der Waals surface area contributed by atoms with Crippen molar-refractivity contribution in [3.63, 3.8) is 0 Å². The molecule has 8 heteroatoms. The van der Waals surface area contributed by atoms with E-state index in [2.05, 4.69) is 51.4 Å². The van der Waals surface area contributed by atoms with Crippen LogP contribution in [0.4, 0.5) is 0 Å². The van der Waals surface area contributed by atoms with Crippen molar-refractivity contribution >= 4 is 17.6 Å². The molecular weight excluding hydrogens is 500 g/mol. The molecule has 2 aliphatic heterocycles. The molecule has 3 aliphatic rings. The molecule has 0 bridgehead atoms. The van der Waals surface area contributed by atoms with E-state index in [0.29, 0.717) is 30.7 Å². The normalized spacial score (nSPS) is 17.6. The molecule has 3 heterocycles. The van der Waals surface area contributed by atoms with Crippen LogP contribution >= 0.6 is 0 Å². The molecule has 204 valence electrons. The van der Waals surface area contributed by atoms with Crippen LogP contribution in [-0.2, 0) is 11.3 Å². The average molecular weight is 535 g/mol. The number of amides is 1. The second-order valence-corrected chi connectivity index (χ2v) is 10.8. The summed E-state index contributed by atoms with van der Waals surface area (Å²) in [7, 11) is 0. The molecule has 0 N–H and O–H groups in total. The predicted molar refractivity (Wildman–Crippen MR) is 156 cm³/mol. The molecule has 1 aromatic heterocycles. The van der Waals surface area contributed by atoms with Crippen LogP contribution in [0.25, 0.3) is 11.1 Å². The number of rotatable bonds is 9. The third-order valence-electron chi connectivity index (χ3n) is 7.88.